The molecular weight excluding hydrogens is 259 g/mol. The molecule has 7 heteroatoms. The second-order valence-electron chi connectivity index (χ2n) is 5.59. The maximum atomic E-state index is 12.4. The fourth-order valence-corrected chi connectivity index (χ4v) is 1.63. The molecule has 1 aromatic heterocycles. The van der Waals surface area contributed by atoms with Gasteiger partial charge in [0.15, 0.2) is 0 Å². The van der Waals surface area contributed by atoms with E-state index in [1.54, 1.807) is 0 Å². The summed E-state index contributed by atoms with van der Waals surface area (Å²) >= 11 is 0. The lowest BCUT2D eigenvalue weighted by molar-refractivity contribution is -0.146. The minimum atomic E-state index is -4.56. The van der Waals surface area contributed by atoms with Crippen molar-refractivity contribution in [2.75, 3.05) is 6.54 Å². The number of nitrogens with one attached hydrogen (secondary N) is 1. The van der Waals surface area contributed by atoms with E-state index in [2.05, 4.69) is 20.0 Å². The summed E-state index contributed by atoms with van der Waals surface area (Å²) in [5.41, 5.74) is -0.109. The Morgan fingerprint density at radius 2 is 1.89 bits per heavy atom. The number of hydrogen-bond donors (Lipinski definition) is 1. The Bertz CT molecular complexity index is 396. The third-order valence-electron chi connectivity index (χ3n) is 2.79. The Kier molecular flexibility index (Phi) is 4.95. The van der Waals surface area contributed by atoms with Gasteiger partial charge in [0.2, 0.25) is 5.89 Å². The average Bonchev–Trinajstić information content (AvgIpc) is 2.70. The molecule has 0 bridgehead atoms. The number of rotatable bonds is 5. The van der Waals surface area contributed by atoms with E-state index in [-0.39, 0.29) is 23.8 Å². The second-order valence-corrected chi connectivity index (χ2v) is 5.59. The lowest BCUT2D eigenvalue weighted by Crippen LogP contribution is -2.42. The number of hydrogen-bond acceptors (Lipinski definition) is 4. The van der Waals surface area contributed by atoms with E-state index in [4.69, 9.17) is 0 Å². The minimum Gasteiger partial charge on any atom is -0.339 e. The summed E-state index contributed by atoms with van der Waals surface area (Å²) < 4.78 is 41.8. The van der Waals surface area contributed by atoms with Crippen LogP contribution < -0.4 is 5.32 Å². The first kappa shape index (κ1) is 15.9. The van der Waals surface area contributed by atoms with Gasteiger partial charge in [0.05, 0.1) is 0 Å². The van der Waals surface area contributed by atoms with Gasteiger partial charge in [0.25, 0.3) is 5.82 Å². The zero-order chi connectivity index (χ0) is 14.7. The molecule has 0 aliphatic rings. The number of aromatic nitrogens is 2. The van der Waals surface area contributed by atoms with Crippen LogP contribution >= 0.6 is 0 Å². The van der Waals surface area contributed by atoms with E-state index >= 15 is 0 Å². The highest BCUT2D eigenvalue weighted by Crippen LogP contribution is 2.27. The highest BCUT2D eigenvalue weighted by molar-refractivity contribution is 4.95. The molecule has 0 saturated carbocycles. The van der Waals surface area contributed by atoms with Crippen LogP contribution in [0.2, 0.25) is 0 Å². The van der Waals surface area contributed by atoms with E-state index in [0.29, 0.717) is 0 Å². The van der Waals surface area contributed by atoms with Crippen LogP contribution in [-0.4, -0.2) is 22.7 Å². The van der Waals surface area contributed by atoms with Crippen molar-refractivity contribution in [2.45, 2.75) is 52.8 Å². The van der Waals surface area contributed by atoms with Crippen LogP contribution in [0.15, 0.2) is 4.52 Å². The van der Waals surface area contributed by atoms with E-state index < -0.39 is 12.0 Å². The van der Waals surface area contributed by atoms with Crippen LogP contribution in [0.25, 0.3) is 0 Å². The van der Waals surface area contributed by atoms with Gasteiger partial charge in [-0.05, 0) is 18.4 Å². The van der Waals surface area contributed by atoms with Crippen molar-refractivity contribution in [3.8, 4) is 0 Å². The quantitative estimate of drug-likeness (QED) is 0.900. The molecule has 0 aliphatic carbocycles. The fraction of sp³-hybridized carbons (Fsp3) is 0.833. The molecule has 1 heterocycles. The van der Waals surface area contributed by atoms with Gasteiger partial charge in [-0.1, -0.05) is 32.9 Å². The standard InChI is InChI=1S/C12H20F3N3O/c1-5-6-16-8(11(2,3)4)7-9-17-10(18-19-9)12(13,14)15/h8,16H,5-7H2,1-4H3. The summed E-state index contributed by atoms with van der Waals surface area (Å²) in [5.74, 6) is -1.21. The molecule has 1 atom stereocenters. The largest absolute Gasteiger partial charge is 0.455 e. The molecule has 0 aromatic carbocycles. The number of halogens is 3. The predicted molar refractivity (Wildman–Crippen MR) is 64.5 cm³/mol. The van der Waals surface area contributed by atoms with Crippen LogP contribution in [0.4, 0.5) is 13.2 Å². The summed E-state index contributed by atoms with van der Waals surface area (Å²) in [6.07, 6.45) is -3.33. The van der Waals surface area contributed by atoms with Gasteiger partial charge in [0, 0.05) is 12.5 Å². The van der Waals surface area contributed by atoms with Crippen molar-refractivity contribution in [2.24, 2.45) is 5.41 Å². The molecule has 0 radical (unpaired) electrons. The monoisotopic (exact) mass is 279 g/mol. The zero-order valence-corrected chi connectivity index (χ0v) is 11.6. The highest BCUT2D eigenvalue weighted by Gasteiger charge is 2.37. The Labute approximate surface area is 110 Å². The molecule has 1 N–H and O–H groups in total. The molecule has 0 aliphatic heterocycles. The first-order valence-corrected chi connectivity index (χ1v) is 6.27. The first-order valence-electron chi connectivity index (χ1n) is 6.27. The second kappa shape index (κ2) is 5.90. The van der Waals surface area contributed by atoms with Gasteiger partial charge in [-0.3, -0.25) is 0 Å². The molecule has 0 amide bonds. The van der Waals surface area contributed by atoms with Crippen LogP contribution in [0.3, 0.4) is 0 Å². The molecule has 0 fully saturated rings. The highest BCUT2D eigenvalue weighted by atomic mass is 19.4. The summed E-state index contributed by atoms with van der Waals surface area (Å²) in [7, 11) is 0. The number of alkyl halides is 3. The van der Waals surface area contributed by atoms with Crippen LogP contribution in [0, 0.1) is 5.41 Å². The molecule has 19 heavy (non-hydrogen) atoms. The van der Waals surface area contributed by atoms with Crippen LogP contribution in [0.5, 0.6) is 0 Å². The van der Waals surface area contributed by atoms with E-state index in [9.17, 15) is 13.2 Å². The van der Waals surface area contributed by atoms with Crippen molar-refractivity contribution in [3.63, 3.8) is 0 Å². The maximum absolute atomic E-state index is 12.4. The van der Waals surface area contributed by atoms with Crippen molar-refractivity contribution < 1.29 is 17.7 Å². The molecular formula is C12H20F3N3O. The summed E-state index contributed by atoms with van der Waals surface area (Å²) in [5, 5.41) is 6.26. The Hall–Kier alpha value is -1.11. The Morgan fingerprint density at radius 1 is 1.26 bits per heavy atom. The fourth-order valence-electron chi connectivity index (χ4n) is 1.63. The predicted octanol–water partition coefficient (Wildman–Crippen LogP) is 3.05. The van der Waals surface area contributed by atoms with Crippen molar-refractivity contribution in [3.05, 3.63) is 11.7 Å². The molecule has 4 nitrogen and oxygen atoms in total. The van der Waals surface area contributed by atoms with Gasteiger partial charge in [0.1, 0.15) is 0 Å². The van der Waals surface area contributed by atoms with Crippen LogP contribution in [0.1, 0.15) is 45.8 Å². The lowest BCUT2D eigenvalue weighted by atomic mass is 9.84. The van der Waals surface area contributed by atoms with Gasteiger partial charge < -0.3 is 9.84 Å². The lowest BCUT2D eigenvalue weighted by Gasteiger charge is -2.30. The van der Waals surface area contributed by atoms with E-state index in [0.717, 1.165) is 13.0 Å². The smallest absolute Gasteiger partial charge is 0.339 e. The van der Waals surface area contributed by atoms with Crippen molar-refractivity contribution in [1.29, 1.82) is 0 Å². The Morgan fingerprint density at radius 3 is 2.32 bits per heavy atom. The van der Waals surface area contributed by atoms with Crippen molar-refractivity contribution in [1.82, 2.24) is 15.5 Å². The molecule has 110 valence electrons. The maximum Gasteiger partial charge on any atom is 0.455 e. The van der Waals surface area contributed by atoms with Gasteiger partial charge in [-0.15, -0.1) is 0 Å². The third-order valence-corrected chi connectivity index (χ3v) is 2.79. The zero-order valence-electron chi connectivity index (χ0n) is 11.6. The van der Waals surface area contributed by atoms with Gasteiger partial charge >= 0.3 is 6.18 Å². The molecule has 1 rings (SSSR count). The van der Waals surface area contributed by atoms with Crippen molar-refractivity contribution >= 4 is 0 Å². The average molecular weight is 279 g/mol. The number of nitrogens with zero attached hydrogens (tertiary/aromatic N) is 2. The summed E-state index contributed by atoms with van der Waals surface area (Å²) in [6, 6.07) is -0.0195. The first-order chi connectivity index (χ1) is 8.64. The normalized spacial score (nSPS) is 14.7. The minimum absolute atomic E-state index is 0.0100. The SMILES string of the molecule is CCCNC(Cc1nc(C(F)(F)F)no1)C(C)(C)C. The molecule has 0 saturated heterocycles. The molecule has 0 spiro atoms. The van der Waals surface area contributed by atoms with E-state index in [1.165, 1.54) is 0 Å². The molecule has 1 unspecified atom stereocenters. The Balaban J connectivity index is 2.76. The van der Waals surface area contributed by atoms with Gasteiger partial charge in [-0.2, -0.15) is 18.2 Å². The summed E-state index contributed by atoms with van der Waals surface area (Å²) in [4.78, 5) is 3.40. The van der Waals surface area contributed by atoms with E-state index in [1.807, 2.05) is 27.7 Å². The third kappa shape index (κ3) is 4.81. The molecule has 1 aromatic rings. The topological polar surface area (TPSA) is 51.0 Å². The van der Waals surface area contributed by atoms with Gasteiger partial charge in [-0.25, -0.2) is 0 Å². The van der Waals surface area contributed by atoms with Crippen LogP contribution in [-0.2, 0) is 12.6 Å². The summed E-state index contributed by atoms with van der Waals surface area (Å²) in [6.45, 7) is 8.87.